The van der Waals surface area contributed by atoms with Gasteiger partial charge < -0.3 is 5.48 Å². The Morgan fingerprint density at radius 2 is 1.12 bits per heavy atom. The van der Waals surface area contributed by atoms with Crippen molar-refractivity contribution >= 4 is 0 Å². The predicted octanol–water partition coefficient (Wildman–Crippen LogP) is 1.76. The minimum atomic E-state index is 0. The number of hydrogen-bond acceptors (Lipinski definition) is 0. The summed E-state index contributed by atoms with van der Waals surface area (Å²) in [7, 11) is 0. The van der Waals surface area contributed by atoms with E-state index in [-0.39, 0.29) is 22.3 Å². The Morgan fingerprint density at radius 3 is 1.25 bits per heavy atom. The molecule has 0 saturated heterocycles. The summed E-state index contributed by atoms with van der Waals surface area (Å²) < 4.78 is 0. The maximum absolute atomic E-state index is 2.23. The Kier molecular flexibility index (Phi) is 30.9. The third-order valence-corrected chi connectivity index (χ3v) is 0.957. The molecule has 0 aliphatic heterocycles. The molecule has 2 heteroatoms. The number of unbranched alkanes of at least 4 members (excludes halogenated alkanes) is 3. The molecule has 0 aromatic carbocycles. The molecule has 0 spiro atoms. The molecule has 8 heavy (non-hydrogen) atoms. The van der Waals surface area contributed by atoms with E-state index in [0.29, 0.717) is 0 Å². The molecule has 0 atom stereocenters. The van der Waals surface area contributed by atoms with Gasteiger partial charge in [0, 0.05) is 16.8 Å². The fourth-order valence-corrected chi connectivity index (χ4v) is 0.500. The molecular formula is C6H16CoO. The average Bonchev–Trinajstić information content (AvgIpc) is 1.61. The van der Waals surface area contributed by atoms with Gasteiger partial charge in [-0.3, -0.25) is 0 Å². The van der Waals surface area contributed by atoms with Crippen LogP contribution in [0.4, 0.5) is 0 Å². The molecule has 0 fully saturated rings. The summed E-state index contributed by atoms with van der Waals surface area (Å²) in [6, 6.07) is 0. The van der Waals surface area contributed by atoms with Crippen LogP contribution in [0.15, 0.2) is 0 Å². The zero-order valence-electron chi connectivity index (χ0n) is 5.66. The molecule has 0 aliphatic rings. The first-order chi connectivity index (χ1) is 2.91. The number of hydrogen-bond donors (Lipinski definition) is 0. The van der Waals surface area contributed by atoms with Crippen molar-refractivity contribution in [3.63, 3.8) is 0 Å². The van der Waals surface area contributed by atoms with Crippen LogP contribution >= 0.6 is 0 Å². The summed E-state index contributed by atoms with van der Waals surface area (Å²) in [6.07, 6.45) is 5.54. The van der Waals surface area contributed by atoms with Gasteiger partial charge in [0.1, 0.15) is 0 Å². The summed E-state index contributed by atoms with van der Waals surface area (Å²) in [5.74, 6) is 0. The van der Waals surface area contributed by atoms with Crippen LogP contribution < -0.4 is 0 Å². The second-order valence-electron chi connectivity index (χ2n) is 1.71. The van der Waals surface area contributed by atoms with Crippen molar-refractivity contribution in [3.8, 4) is 0 Å². The summed E-state index contributed by atoms with van der Waals surface area (Å²) in [4.78, 5) is 0. The van der Waals surface area contributed by atoms with Gasteiger partial charge in [-0.2, -0.15) is 0 Å². The first-order valence-electron chi connectivity index (χ1n) is 2.91. The van der Waals surface area contributed by atoms with Crippen molar-refractivity contribution in [3.05, 3.63) is 0 Å². The van der Waals surface area contributed by atoms with Crippen LogP contribution in [0.5, 0.6) is 0 Å². The third kappa shape index (κ3) is 16.1. The van der Waals surface area contributed by atoms with E-state index >= 15 is 0 Å². The zero-order chi connectivity index (χ0) is 4.83. The van der Waals surface area contributed by atoms with E-state index in [1.807, 2.05) is 0 Å². The van der Waals surface area contributed by atoms with Gasteiger partial charge in [0.05, 0.1) is 0 Å². The van der Waals surface area contributed by atoms with Gasteiger partial charge in [0.25, 0.3) is 0 Å². The van der Waals surface area contributed by atoms with Gasteiger partial charge >= 0.3 is 0 Å². The normalized spacial score (nSPS) is 6.75. The van der Waals surface area contributed by atoms with E-state index in [9.17, 15) is 0 Å². The molecule has 0 aromatic heterocycles. The number of rotatable bonds is 3. The molecule has 0 amide bonds. The minimum absolute atomic E-state index is 0. The van der Waals surface area contributed by atoms with E-state index in [2.05, 4.69) is 13.8 Å². The van der Waals surface area contributed by atoms with Gasteiger partial charge in [-0.1, -0.05) is 39.5 Å². The van der Waals surface area contributed by atoms with Crippen LogP contribution in [0.3, 0.4) is 0 Å². The van der Waals surface area contributed by atoms with Crippen LogP contribution in [-0.4, -0.2) is 5.48 Å². The van der Waals surface area contributed by atoms with E-state index in [0.717, 1.165) is 0 Å². The molecule has 55 valence electrons. The van der Waals surface area contributed by atoms with Crippen molar-refractivity contribution in [2.45, 2.75) is 39.5 Å². The fraction of sp³-hybridized carbons (Fsp3) is 1.00. The Morgan fingerprint density at radius 1 is 0.875 bits per heavy atom. The quantitative estimate of drug-likeness (QED) is 0.568. The Balaban J connectivity index is -0.000000125. The Bertz CT molecular complexity index is 20.5. The van der Waals surface area contributed by atoms with E-state index in [1.165, 1.54) is 25.7 Å². The van der Waals surface area contributed by atoms with Crippen molar-refractivity contribution in [2.24, 2.45) is 0 Å². The fourth-order valence-electron chi connectivity index (χ4n) is 0.500. The molecule has 0 unspecified atom stereocenters. The third-order valence-electron chi connectivity index (χ3n) is 0.957. The molecule has 0 bridgehead atoms. The molecular weight excluding hydrogens is 147 g/mol. The molecule has 1 radical (unpaired) electrons. The maximum Gasteiger partial charge on any atom is 0 e. The van der Waals surface area contributed by atoms with Gasteiger partial charge in [0.2, 0.25) is 0 Å². The predicted molar refractivity (Wildman–Crippen MR) is 33.4 cm³/mol. The second kappa shape index (κ2) is 15.7. The molecule has 0 aromatic rings. The summed E-state index contributed by atoms with van der Waals surface area (Å²) in [5, 5.41) is 0. The van der Waals surface area contributed by atoms with Crippen LogP contribution in [-0.2, 0) is 16.8 Å². The van der Waals surface area contributed by atoms with Gasteiger partial charge in [-0.25, -0.2) is 0 Å². The molecule has 0 saturated carbocycles. The molecule has 1 nitrogen and oxygen atoms in total. The topological polar surface area (TPSA) is 31.5 Å². The summed E-state index contributed by atoms with van der Waals surface area (Å²) >= 11 is 0. The average molecular weight is 163 g/mol. The zero-order valence-corrected chi connectivity index (χ0v) is 6.70. The summed E-state index contributed by atoms with van der Waals surface area (Å²) in [5.41, 5.74) is 0. The Labute approximate surface area is 62.4 Å². The van der Waals surface area contributed by atoms with Gasteiger partial charge in [-0.15, -0.1) is 0 Å². The van der Waals surface area contributed by atoms with Crippen molar-refractivity contribution in [1.82, 2.24) is 0 Å². The van der Waals surface area contributed by atoms with Gasteiger partial charge in [0.15, 0.2) is 0 Å². The monoisotopic (exact) mass is 163 g/mol. The minimum Gasteiger partial charge on any atom is -0.412 e. The molecule has 0 heterocycles. The van der Waals surface area contributed by atoms with Crippen LogP contribution in [0.25, 0.3) is 0 Å². The van der Waals surface area contributed by atoms with Crippen molar-refractivity contribution in [1.29, 1.82) is 0 Å². The van der Waals surface area contributed by atoms with Crippen LogP contribution in [0.1, 0.15) is 39.5 Å². The van der Waals surface area contributed by atoms with E-state index in [1.54, 1.807) is 0 Å². The second-order valence-corrected chi connectivity index (χ2v) is 1.71. The molecule has 0 aliphatic carbocycles. The maximum atomic E-state index is 2.23. The molecule has 2 N–H and O–H groups in total. The smallest absolute Gasteiger partial charge is 0 e. The van der Waals surface area contributed by atoms with Crippen molar-refractivity contribution < 1.29 is 22.3 Å². The largest absolute Gasteiger partial charge is 0.412 e. The van der Waals surface area contributed by atoms with Crippen molar-refractivity contribution in [2.75, 3.05) is 0 Å². The molecule has 0 rings (SSSR count). The SMILES string of the molecule is CCCCCC.O.[Co]. The van der Waals surface area contributed by atoms with E-state index in [4.69, 9.17) is 0 Å². The first kappa shape index (κ1) is 15.8. The van der Waals surface area contributed by atoms with Crippen LogP contribution in [0.2, 0.25) is 0 Å². The van der Waals surface area contributed by atoms with Gasteiger partial charge in [-0.05, 0) is 0 Å². The van der Waals surface area contributed by atoms with E-state index < -0.39 is 0 Å². The first-order valence-corrected chi connectivity index (χ1v) is 2.91. The Hall–Kier alpha value is 0.466. The van der Waals surface area contributed by atoms with Crippen LogP contribution in [0, 0.1) is 0 Å². The summed E-state index contributed by atoms with van der Waals surface area (Å²) in [6.45, 7) is 4.46. The standard InChI is InChI=1S/C6H14.Co.H2O/c1-3-5-6-4-2;;/h3-6H2,1-2H3;;1H2.